The molecule has 0 heterocycles. The number of rotatable bonds is 4. The van der Waals surface area contributed by atoms with Gasteiger partial charge in [0.15, 0.2) is 0 Å². The van der Waals surface area contributed by atoms with Crippen molar-refractivity contribution < 1.29 is 9.53 Å². The molecule has 1 aromatic carbocycles. The van der Waals surface area contributed by atoms with Gasteiger partial charge in [-0.05, 0) is 43.2 Å². The highest BCUT2D eigenvalue weighted by Crippen LogP contribution is 2.60. The maximum absolute atomic E-state index is 12.4. The van der Waals surface area contributed by atoms with Gasteiger partial charge < -0.3 is 4.74 Å². The van der Waals surface area contributed by atoms with E-state index >= 15 is 0 Å². The monoisotopic (exact) mass is 556 g/mol. The molecule has 1 aromatic rings. The zero-order valence-corrected chi connectivity index (χ0v) is 19.4. The van der Waals surface area contributed by atoms with Crippen molar-refractivity contribution >= 4 is 95.8 Å². The van der Waals surface area contributed by atoms with E-state index in [0.717, 1.165) is 3.39 Å². The molecule has 9 heteroatoms. The summed E-state index contributed by atoms with van der Waals surface area (Å²) in [4.78, 5) is 12.4. The van der Waals surface area contributed by atoms with Gasteiger partial charge in [0.2, 0.25) is 0 Å². The lowest BCUT2D eigenvalue weighted by atomic mass is 10.1. The van der Waals surface area contributed by atoms with Crippen molar-refractivity contribution in [2.24, 2.45) is 17.3 Å². The Morgan fingerprint density at radius 2 is 1.50 bits per heavy atom. The standard InChI is InChI=1S/C15H11Br2Cl5O2/c1-15(2)6(3-7(16)17)8(15)14(23)24-4-5-9(18)11(20)13(22)12(21)10(5)19/h3,6,8H,4H2,1-2H3. The van der Waals surface area contributed by atoms with E-state index in [1.54, 1.807) is 0 Å². The number of hydrogen-bond acceptors (Lipinski definition) is 2. The largest absolute Gasteiger partial charge is 0.460 e. The molecular formula is C15H11Br2Cl5O2. The number of carbonyl (C=O) groups is 1. The van der Waals surface area contributed by atoms with Gasteiger partial charge in [0.05, 0.1) is 34.4 Å². The van der Waals surface area contributed by atoms with E-state index in [-0.39, 0.29) is 54.9 Å². The van der Waals surface area contributed by atoms with Crippen LogP contribution in [-0.2, 0) is 16.1 Å². The van der Waals surface area contributed by atoms with Crippen molar-refractivity contribution in [3.8, 4) is 0 Å². The number of benzene rings is 1. The van der Waals surface area contributed by atoms with Crippen molar-refractivity contribution in [3.63, 3.8) is 0 Å². The Kier molecular flexibility index (Phi) is 6.90. The van der Waals surface area contributed by atoms with Crippen molar-refractivity contribution in [3.05, 3.63) is 40.1 Å². The fourth-order valence-electron chi connectivity index (χ4n) is 2.58. The lowest BCUT2D eigenvalue weighted by molar-refractivity contribution is -0.147. The fraction of sp³-hybridized carbons (Fsp3) is 0.400. The first-order valence-corrected chi connectivity index (χ1v) is 10.2. The van der Waals surface area contributed by atoms with E-state index in [9.17, 15) is 4.79 Å². The average molecular weight is 560 g/mol. The number of ether oxygens (including phenoxy) is 1. The fourth-order valence-corrected chi connectivity index (χ4v) is 4.44. The van der Waals surface area contributed by atoms with Gasteiger partial charge in [-0.15, -0.1) is 0 Å². The van der Waals surface area contributed by atoms with Crippen LogP contribution in [0.5, 0.6) is 0 Å². The Balaban J connectivity index is 2.16. The lowest BCUT2D eigenvalue weighted by Gasteiger charge is -2.13. The van der Waals surface area contributed by atoms with Crippen LogP contribution in [0.2, 0.25) is 25.1 Å². The van der Waals surface area contributed by atoms with Gasteiger partial charge in [-0.1, -0.05) is 77.9 Å². The van der Waals surface area contributed by atoms with Crippen LogP contribution >= 0.6 is 89.9 Å². The number of hydrogen-bond donors (Lipinski definition) is 0. The molecule has 0 radical (unpaired) electrons. The smallest absolute Gasteiger partial charge is 0.310 e. The minimum Gasteiger partial charge on any atom is -0.460 e. The molecule has 0 bridgehead atoms. The van der Waals surface area contributed by atoms with Crippen LogP contribution in [0, 0.1) is 17.3 Å². The molecule has 0 aliphatic heterocycles. The molecule has 0 aromatic heterocycles. The van der Waals surface area contributed by atoms with Crippen molar-refractivity contribution in [2.45, 2.75) is 20.5 Å². The molecule has 0 amide bonds. The Morgan fingerprint density at radius 1 is 1.04 bits per heavy atom. The van der Waals surface area contributed by atoms with E-state index in [4.69, 9.17) is 62.7 Å². The maximum atomic E-state index is 12.4. The van der Waals surface area contributed by atoms with Crippen molar-refractivity contribution in [1.82, 2.24) is 0 Å². The first-order valence-electron chi connectivity index (χ1n) is 6.69. The molecule has 2 nitrogen and oxygen atoms in total. The van der Waals surface area contributed by atoms with Gasteiger partial charge in [0.25, 0.3) is 0 Å². The van der Waals surface area contributed by atoms with Gasteiger partial charge in [0, 0.05) is 5.56 Å². The first-order chi connectivity index (χ1) is 11.0. The van der Waals surface area contributed by atoms with Crippen molar-refractivity contribution in [2.75, 3.05) is 0 Å². The molecule has 0 spiro atoms. The molecule has 24 heavy (non-hydrogen) atoms. The third-order valence-corrected chi connectivity index (χ3v) is 7.01. The summed E-state index contributed by atoms with van der Waals surface area (Å²) < 4.78 is 6.18. The summed E-state index contributed by atoms with van der Waals surface area (Å²) in [5.41, 5.74) is 0.144. The van der Waals surface area contributed by atoms with Crippen LogP contribution in [0.3, 0.4) is 0 Å². The molecular weight excluding hydrogens is 549 g/mol. The Morgan fingerprint density at radius 3 is 1.96 bits per heavy atom. The van der Waals surface area contributed by atoms with Gasteiger partial charge in [0.1, 0.15) is 6.61 Å². The minimum atomic E-state index is -0.336. The quantitative estimate of drug-likeness (QED) is 0.213. The van der Waals surface area contributed by atoms with Gasteiger partial charge in [-0.25, -0.2) is 0 Å². The summed E-state index contributed by atoms with van der Waals surface area (Å²) in [6.45, 7) is 3.86. The topological polar surface area (TPSA) is 26.3 Å². The lowest BCUT2D eigenvalue weighted by Crippen LogP contribution is -2.11. The zero-order valence-electron chi connectivity index (χ0n) is 12.4. The summed E-state index contributed by atoms with van der Waals surface area (Å²) in [5, 5.41) is 0.473. The molecule has 132 valence electrons. The molecule has 2 atom stereocenters. The Bertz CT molecular complexity index is 700. The zero-order chi connectivity index (χ0) is 18.4. The van der Waals surface area contributed by atoms with Crippen LogP contribution in [0.1, 0.15) is 19.4 Å². The molecule has 2 unspecified atom stereocenters. The summed E-state index contributed by atoms with van der Waals surface area (Å²) in [6, 6.07) is 0. The number of carbonyl (C=O) groups excluding carboxylic acids is 1. The van der Waals surface area contributed by atoms with E-state index in [0.29, 0.717) is 5.56 Å². The normalized spacial score (nSPS) is 21.4. The third-order valence-electron chi connectivity index (χ3n) is 4.13. The second kappa shape index (κ2) is 7.84. The molecule has 1 saturated carbocycles. The van der Waals surface area contributed by atoms with Gasteiger partial charge in [-0.3, -0.25) is 4.79 Å². The van der Waals surface area contributed by atoms with Crippen LogP contribution < -0.4 is 0 Å². The van der Waals surface area contributed by atoms with Crippen LogP contribution in [0.4, 0.5) is 0 Å². The number of esters is 1. The van der Waals surface area contributed by atoms with E-state index in [1.807, 2.05) is 19.9 Å². The molecule has 0 N–H and O–H groups in total. The Hall–Kier alpha value is 0.840. The number of halogens is 7. The predicted octanol–water partition coefficient (Wildman–Crippen LogP) is 7.90. The molecule has 2 rings (SSSR count). The van der Waals surface area contributed by atoms with Crippen LogP contribution in [-0.4, -0.2) is 5.97 Å². The van der Waals surface area contributed by atoms with Crippen molar-refractivity contribution in [1.29, 1.82) is 0 Å². The number of allylic oxidation sites excluding steroid dienone is 1. The van der Waals surface area contributed by atoms with Gasteiger partial charge >= 0.3 is 5.97 Å². The molecule has 0 saturated heterocycles. The first kappa shape index (κ1) is 21.1. The second-order valence-corrected chi connectivity index (χ2v) is 10.6. The second-order valence-electron chi connectivity index (χ2n) is 5.94. The average Bonchev–Trinajstić information content (AvgIpc) is 3.02. The van der Waals surface area contributed by atoms with Crippen LogP contribution in [0.25, 0.3) is 0 Å². The highest BCUT2D eigenvalue weighted by Gasteiger charge is 2.61. The predicted molar refractivity (Wildman–Crippen MR) is 108 cm³/mol. The Labute approximate surface area is 182 Å². The molecule has 1 fully saturated rings. The SMILES string of the molecule is CC1(C)C(C=C(Br)Br)C1C(=O)OCc1c(Cl)c(Cl)c(Cl)c(Cl)c1Cl. The van der Waals surface area contributed by atoms with Crippen LogP contribution in [0.15, 0.2) is 9.47 Å². The summed E-state index contributed by atoms with van der Waals surface area (Å²) in [6.07, 6.45) is 1.93. The molecule has 1 aliphatic rings. The van der Waals surface area contributed by atoms with E-state index in [2.05, 4.69) is 31.9 Å². The highest BCUT2D eigenvalue weighted by molar-refractivity contribution is 9.28. The summed E-state index contributed by atoms with van der Waals surface area (Å²) >= 11 is 36.8. The maximum Gasteiger partial charge on any atom is 0.310 e. The summed E-state index contributed by atoms with van der Waals surface area (Å²) in [7, 11) is 0. The summed E-state index contributed by atoms with van der Waals surface area (Å²) in [5.74, 6) is -0.516. The third kappa shape index (κ3) is 4.05. The van der Waals surface area contributed by atoms with E-state index < -0.39 is 0 Å². The van der Waals surface area contributed by atoms with Gasteiger partial charge in [-0.2, -0.15) is 0 Å². The highest BCUT2D eigenvalue weighted by atomic mass is 79.9. The van der Waals surface area contributed by atoms with E-state index in [1.165, 1.54) is 0 Å². The minimum absolute atomic E-state index is 0.0686. The molecule has 1 aliphatic carbocycles.